The Bertz CT molecular complexity index is 631. The van der Waals surface area contributed by atoms with Crippen LogP contribution in [-0.2, 0) is 0 Å². The Balaban J connectivity index is 2.75. The smallest absolute Gasteiger partial charge is 0.150 e. The van der Waals surface area contributed by atoms with E-state index >= 15 is 0 Å². The third-order valence-electron chi connectivity index (χ3n) is 3.76. The Kier molecular flexibility index (Phi) is 3.52. The molecule has 0 amide bonds. The summed E-state index contributed by atoms with van der Waals surface area (Å²) in [6.07, 6.45) is 0.661. The maximum atomic E-state index is 14.2. The van der Waals surface area contributed by atoms with Crippen molar-refractivity contribution in [3.63, 3.8) is 0 Å². The van der Waals surface area contributed by atoms with E-state index in [2.05, 4.69) is 6.07 Å². The van der Waals surface area contributed by atoms with Crippen LogP contribution in [0.25, 0.3) is 11.1 Å². The Morgan fingerprint density at radius 3 is 2.00 bits per heavy atom. The summed E-state index contributed by atoms with van der Waals surface area (Å²) in [4.78, 5) is 10.7. The first kappa shape index (κ1) is 13.5. The second-order valence-electron chi connectivity index (χ2n) is 4.99. The highest BCUT2D eigenvalue weighted by molar-refractivity contribution is 5.79. The number of carbonyl (C=O) groups is 1. The zero-order valence-electron chi connectivity index (χ0n) is 11.7. The van der Waals surface area contributed by atoms with Crippen LogP contribution < -0.4 is 0 Å². The fourth-order valence-electron chi connectivity index (χ4n) is 2.43. The maximum absolute atomic E-state index is 14.2. The number of benzene rings is 2. The van der Waals surface area contributed by atoms with Gasteiger partial charge in [-0.1, -0.05) is 18.2 Å². The average molecular weight is 256 g/mol. The molecule has 0 fully saturated rings. The Morgan fingerprint density at radius 2 is 1.53 bits per heavy atom. The predicted octanol–water partition coefficient (Wildman–Crippen LogP) is 4.54. The van der Waals surface area contributed by atoms with Gasteiger partial charge >= 0.3 is 0 Å². The molecule has 0 saturated carbocycles. The van der Waals surface area contributed by atoms with Gasteiger partial charge in [-0.3, -0.25) is 4.79 Å². The molecule has 0 aliphatic carbocycles. The molecule has 0 N–H and O–H groups in total. The minimum atomic E-state index is -0.346. The van der Waals surface area contributed by atoms with Crippen LogP contribution in [0.15, 0.2) is 24.3 Å². The highest BCUT2D eigenvalue weighted by Crippen LogP contribution is 2.33. The van der Waals surface area contributed by atoms with Crippen molar-refractivity contribution >= 4 is 6.29 Å². The molecular weight excluding hydrogens is 239 g/mol. The number of halogens is 1. The van der Waals surface area contributed by atoms with Crippen molar-refractivity contribution in [3.05, 3.63) is 57.9 Å². The van der Waals surface area contributed by atoms with Crippen LogP contribution >= 0.6 is 0 Å². The van der Waals surface area contributed by atoms with Crippen molar-refractivity contribution < 1.29 is 9.18 Å². The lowest BCUT2D eigenvalue weighted by molar-refractivity contribution is 0.112. The predicted molar refractivity (Wildman–Crippen MR) is 76.2 cm³/mol. The number of aldehydes is 1. The van der Waals surface area contributed by atoms with Gasteiger partial charge in [-0.25, -0.2) is 4.39 Å². The normalized spacial score (nSPS) is 10.6. The zero-order chi connectivity index (χ0) is 14.2. The number of rotatable bonds is 2. The van der Waals surface area contributed by atoms with Gasteiger partial charge in [0.25, 0.3) is 0 Å². The van der Waals surface area contributed by atoms with Crippen molar-refractivity contribution in [2.24, 2.45) is 0 Å². The van der Waals surface area contributed by atoms with E-state index in [9.17, 15) is 9.18 Å². The van der Waals surface area contributed by atoms with E-state index in [1.54, 1.807) is 12.1 Å². The standard InChI is InChI=1S/C17H17FO/c1-10-7-11(2)13(4)17(12(10)3)15-6-5-14(9-19)8-16(15)18/h5-9H,1-4H3. The first-order chi connectivity index (χ1) is 8.95. The van der Waals surface area contributed by atoms with Gasteiger partial charge < -0.3 is 0 Å². The highest BCUT2D eigenvalue weighted by atomic mass is 19.1. The van der Waals surface area contributed by atoms with E-state index in [1.165, 1.54) is 6.07 Å². The number of hydrogen-bond acceptors (Lipinski definition) is 1. The lowest BCUT2D eigenvalue weighted by atomic mass is 9.89. The molecule has 0 atom stereocenters. The van der Waals surface area contributed by atoms with Crippen molar-refractivity contribution in [2.45, 2.75) is 27.7 Å². The van der Waals surface area contributed by atoms with Crippen molar-refractivity contribution in [1.29, 1.82) is 0 Å². The van der Waals surface area contributed by atoms with E-state index in [4.69, 9.17) is 0 Å². The van der Waals surface area contributed by atoms with Crippen molar-refractivity contribution in [2.75, 3.05) is 0 Å². The van der Waals surface area contributed by atoms with Gasteiger partial charge in [-0.2, -0.15) is 0 Å². The minimum Gasteiger partial charge on any atom is -0.298 e. The van der Waals surface area contributed by atoms with Gasteiger partial charge in [0.1, 0.15) is 12.1 Å². The van der Waals surface area contributed by atoms with Gasteiger partial charge in [-0.05, 0) is 61.6 Å². The summed E-state index contributed by atoms with van der Waals surface area (Å²) >= 11 is 0. The molecule has 0 radical (unpaired) electrons. The van der Waals surface area contributed by atoms with Crippen LogP contribution in [0.4, 0.5) is 4.39 Å². The summed E-state index contributed by atoms with van der Waals surface area (Å²) < 4.78 is 14.2. The van der Waals surface area contributed by atoms with Gasteiger partial charge in [0.05, 0.1) is 0 Å². The molecule has 0 aliphatic rings. The first-order valence-electron chi connectivity index (χ1n) is 6.28. The maximum Gasteiger partial charge on any atom is 0.150 e. The van der Waals surface area contributed by atoms with E-state index in [0.29, 0.717) is 17.4 Å². The highest BCUT2D eigenvalue weighted by Gasteiger charge is 2.14. The number of aryl methyl sites for hydroxylation is 2. The number of hydrogen-bond donors (Lipinski definition) is 0. The van der Waals surface area contributed by atoms with Gasteiger partial charge in [0.15, 0.2) is 0 Å². The Hall–Kier alpha value is -1.96. The SMILES string of the molecule is Cc1cc(C)c(C)c(-c2ccc(C=O)cc2F)c1C. The van der Waals surface area contributed by atoms with E-state index in [1.807, 2.05) is 27.7 Å². The molecule has 0 spiro atoms. The molecule has 0 unspecified atom stereocenters. The Labute approximate surface area is 113 Å². The summed E-state index contributed by atoms with van der Waals surface area (Å²) in [6.45, 7) is 8.07. The first-order valence-corrected chi connectivity index (χ1v) is 6.28. The molecule has 2 aromatic rings. The second kappa shape index (κ2) is 4.96. The fraction of sp³-hybridized carbons (Fsp3) is 0.235. The van der Waals surface area contributed by atoms with E-state index < -0.39 is 0 Å². The van der Waals surface area contributed by atoms with Gasteiger partial charge in [0.2, 0.25) is 0 Å². The van der Waals surface area contributed by atoms with Gasteiger partial charge in [-0.15, -0.1) is 0 Å². The fourth-order valence-corrected chi connectivity index (χ4v) is 2.43. The third-order valence-corrected chi connectivity index (χ3v) is 3.76. The summed E-state index contributed by atoms with van der Waals surface area (Å²) in [5.41, 5.74) is 6.33. The molecule has 98 valence electrons. The molecule has 0 saturated heterocycles. The molecule has 2 aromatic carbocycles. The second-order valence-corrected chi connectivity index (χ2v) is 4.99. The minimum absolute atomic E-state index is 0.346. The molecule has 2 rings (SSSR count). The summed E-state index contributed by atoms with van der Waals surface area (Å²) in [5.74, 6) is -0.346. The average Bonchev–Trinajstić information content (AvgIpc) is 2.38. The molecular formula is C17H17FO. The lowest BCUT2D eigenvalue weighted by Gasteiger charge is -2.16. The zero-order valence-corrected chi connectivity index (χ0v) is 11.7. The summed E-state index contributed by atoms with van der Waals surface area (Å²) in [5, 5.41) is 0. The quantitative estimate of drug-likeness (QED) is 0.721. The van der Waals surface area contributed by atoms with E-state index in [0.717, 1.165) is 27.8 Å². The lowest BCUT2D eigenvalue weighted by Crippen LogP contribution is -1.97. The molecule has 0 heterocycles. The molecule has 1 nitrogen and oxygen atoms in total. The number of carbonyl (C=O) groups excluding carboxylic acids is 1. The van der Waals surface area contributed by atoms with Crippen molar-refractivity contribution in [3.8, 4) is 11.1 Å². The van der Waals surface area contributed by atoms with Crippen LogP contribution in [0, 0.1) is 33.5 Å². The van der Waals surface area contributed by atoms with Crippen LogP contribution in [0.2, 0.25) is 0 Å². The summed E-state index contributed by atoms with van der Waals surface area (Å²) in [6, 6.07) is 6.75. The van der Waals surface area contributed by atoms with Crippen LogP contribution in [0.5, 0.6) is 0 Å². The van der Waals surface area contributed by atoms with E-state index in [-0.39, 0.29) is 5.82 Å². The topological polar surface area (TPSA) is 17.1 Å². The molecule has 19 heavy (non-hydrogen) atoms. The molecule has 0 aliphatic heterocycles. The summed E-state index contributed by atoms with van der Waals surface area (Å²) in [7, 11) is 0. The van der Waals surface area contributed by atoms with Crippen LogP contribution in [-0.4, -0.2) is 6.29 Å². The monoisotopic (exact) mass is 256 g/mol. The van der Waals surface area contributed by atoms with Crippen LogP contribution in [0.3, 0.4) is 0 Å². The van der Waals surface area contributed by atoms with Crippen LogP contribution in [0.1, 0.15) is 32.6 Å². The Morgan fingerprint density at radius 1 is 0.947 bits per heavy atom. The van der Waals surface area contributed by atoms with Crippen molar-refractivity contribution in [1.82, 2.24) is 0 Å². The molecule has 2 heteroatoms. The molecule has 0 aromatic heterocycles. The largest absolute Gasteiger partial charge is 0.298 e. The van der Waals surface area contributed by atoms with Gasteiger partial charge in [0, 0.05) is 11.1 Å². The molecule has 0 bridgehead atoms. The third kappa shape index (κ3) is 2.30.